The van der Waals surface area contributed by atoms with Gasteiger partial charge in [0.05, 0.1) is 0 Å². The summed E-state index contributed by atoms with van der Waals surface area (Å²) in [6.07, 6.45) is 0.864. The lowest BCUT2D eigenvalue weighted by Gasteiger charge is -2.12. The first-order chi connectivity index (χ1) is 11.0. The van der Waals surface area contributed by atoms with Crippen LogP contribution in [-0.2, 0) is 6.42 Å². The molecule has 0 aliphatic heterocycles. The topological polar surface area (TPSA) is 42.2 Å². The van der Waals surface area contributed by atoms with E-state index in [2.05, 4.69) is 28.2 Å². The Morgan fingerprint density at radius 3 is 2.74 bits per heavy atom. The summed E-state index contributed by atoms with van der Waals surface area (Å²) < 4.78 is 6.73. The van der Waals surface area contributed by atoms with E-state index in [-0.39, 0.29) is 5.91 Å². The third kappa shape index (κ3) is 2.91. The van der Waals surface area contributed by atoms with Crippen molar-refractivity contribution < 1.29 is 9.21 Å². The Bertz CT molecular complexity index is 896. The summed E-state index contributed by atoms with van der Waals surface area (Å²) >= 11 is 3.45. The maximum Gasteiger partial charge on any atom is 0.291 e. The first-order valence-corrected chi connectivity index (χ1v) is 8.39. The van der Waals surface area contributed by atoms with Crippen molar-refractivity contribution >= 4 is 38.5 Å². The highest BCUT2D eigenvalue weighted by molar-refractivity contribution is 9.10. The summed E-state index contributed by atoms with van der Waals surface area (Å²) in [7, 11) is 0. The maximum absolute atomic E-state index is 12.7. The molecule has 1 aromatic heterocycles. The fourth-order valence-electron chi connectivity index (χ4n) is 2.78. The SMILES string of the molecule is CCc1cccc(C)c1NC(=O)c1oc2ccc(Br)cc2c1C. The number of anilines is 1. The van der Waals surface area contributed by atoms with E-state index in [1.165, 1.54) is 0 Å². The molecule has 0 fully saturated rings. The standard InChI is InChI=1S/C19H18BrNO2/c1-4-13-7-5-6-11(2)17(13)21-19(22)18-12(3)15-10-14(20)8-9-16(15)23-18/h5-10H,4H2,1-3H3,(H,21,22). The molecule has 1 heterocycles. The van der Waals surface area contributed by atoms with E-state index in [1.807, 2.05) is 50.2 Å². The van der Waals surface area contributed by atoms with Crippen LogP contribution in [0.2, 0.25) is 0 Å². The normalized spacial score (nSPS) is 11.0. The highest BCUT2D eigenvalue weighted by Gasteiger charge is 2.19. The van der Waals surface area contributed by atoms with Gasteiger partial charge < -0.3 is 9.73 Å². The largest absolute Gasteiger partial charge is 0.451 e. The molecular weight excluding hydrogens is 354 g/mol. The van der Waals surface area contributed by atoms with Gasteiger partial charge in [-0.25, -0.2) is 0 Å². The van der Waals surface area contributed by atoms with Crippen molar-refractivity contribution in [3.8, 4) is 0 Å². The summed E-state index contributed by atoms with van der Waals surface area (Å²) in [5.74, 6) is 0.155. The number of hydrogen-bond acceptors (Lipinski definition) is 2. The van der Waals surface area contributed by atoms with Gasteiger partial charge in [0.15, 0.2) is 5.76 Å². The molecule has 0 bridgehead atoms. The molecule has 118 valence electrons. The van der Waals surface area contributed by atoms with E-state index in [0.717, 1.165) is 44.2 Å². The van der Waals surface area contributed by atoms with Gasteiger partial charge in [0.2, 0.25) is 0 Å². The quantitative estimate of drug-likeness (QED) is 0.648. The number of nitrogens with one attached hydrogen (secondary N) is 1. The zero-order valence-corrected chi connectivity index (χ0v) is 15.0. The lowest BCUT2D eigenvalue weighted by Crippen LogP contribution is -2.14. The van der Waals surface area contributed by atoms with Crippen LogP contribution in [0, 0.1) is 13.8 Å². The third-order valence-electron chi connectivity index (χ3n) is 4.08. The predicted molar refractivity (Wildman–Crippen MR) is 97.2 cm³/mol. The smallest absolute Gasteiger partial charge is 0.291 e. The molecule has 0 spiro atoms. The lowest BCUT2D eigenvalue weighted by atomic mass is 10.1. The Balaban J connectivity index is 2.00. The minimum absolute atomic E-state index is 0.209. The zero-order valence-electron chi connectivity index (χ0n) is 13.4. The highest BCUT2D eigenvalue weighted by atomic mass is 79.9. The van der Waals surface area contributed by atoms with Crippen LogP contribution in [0.1, 0.15) is 34.2 Å². The molecule has 1 N–H and O–H groups in total. The van der Waals surface area contributed by atoms with Gasteiger partial charge in [-0.2, -0.15) is 0 Å². The van der Waals surface area contributed by atoms with Crippen molar-refractivity contribution in [3.05, 3.63) is 63.3 Å². The van der Waals surface area contributed by atoms with E-state index in [9.17, 15) is 4.79 Å². The molecule has 0 aliphatic rings. The first-order valence-electron chi connectivity index (χ1n) is 7.59. The number of furan rings is 1. The van der Waals surface area contributed by atoms with Crippen LogP contribution in [-0.4, -0.2) is 5.91 Å². The van der Waals surface area contributed by atoms with Crippen LogP contribution in [0.4, 0.5) is 5.69 Å². The van der Waals surface area contributed by atoms with Crippen LogP contribution in [0.5, 0.6) is 0 Å². The van der Waals surface area contributed by atoms with Crippen molar-refractivity contribution in [2.75, 3.05) is 5.32 Å². The average Bonchev–Trinajstić information content (AvgIpc) is 2.86. The molecule has 0 saturated carbocycles. The van der Waals surface area contributed by atoms with Crippen LogP contribution in [0.15, 0.2) is 45.3 Å². The number of aryl methyl sites for hydroxylation is 3. The lowest BCUT2D eigenvalue weighted by molar-refractivity contribution is 0.0997. The van der Waals surface area contributed by atoms with Gasteiger partial charge in [0.25, 0.3) is 5.91 Å². The number of amides is 1. The van der Waals surface area contributed by atoms with Gasteiger partial charge in [-0.1, -0.05) is 41.1 Å². The van der Waals surface area contributed by atoms with E-state index >= 15 is 0 Å². The van der Waals surface area contributed by atoms with Gasteiger partial charge in [-0.15, -0.1) is 0 Å². The van der Waals surface area contributed by atoms with Gasteiger partial charge in [0.1, 0.15) is 5.58 Å². The molecule has 4 heteroatoms. The van der Waals surface area contributed by atoms with Crippen molar-refractivity contribution in [3.63, 3.8) is 0 Å². The van der Waals surface area contributed by atoms with E-state index < -0.39 is 0 Å². The Kier molecular flexibility index (Phi) is 4.26. The Hall–Kier alpha value is -2.07. The molecule has 0 unspecified atom stereocenters. The first kappa shape index (κ1) is 15.8. The van der Waals surface area contributed by atoms with E-state index in [4.69, 9.17) is 4.42 Å². The monoisotopic (exact) mass is 371 g/mol. The summed E-state index contributed by atoms with van der Waals surface area (Å²) in [6.45, 7) is 5.98. The minimum Gasteiger partial charge on any atom is -0.451 e. The highest BCUT2D eigenvalue weighted by Crippen LogP contribution is 2.29. The molecule has 3 aromatic rings. The number of rotatable bonds is 3. The molecule has 0 radical (unpaired) electrons. The van der Waals surface area contributed by atoms with Gasteiger partial charge in [0, 0.05) is 21.1 Å². The van der Waals surface area contributed by atoms with Crippen molar-refractivity contribution in [1.82, 2.24) is 0 Å². The molecule has 0 aliphatic carbocycles. The zero-order chi connectivity index (χ0) is 16.6. The molecular formula is C19H18BrNO2. The van der Waals surface area contributed by atoms with Gasteiger partial charge in [-0.05, 0) is 49.6 Å². The van der Waals surface area contributed by atoms with Crippen molar-refractivity contribution in [1.29, 1.82) is 0 Å². The van der Waals surface area contributed by atoms with E-state index in [1.54, 1.807) is 0 Å². The number of carbonyl (C=O) groups is 1. The third-order valence-corrected chi connectivity index (χ3v) is 4.58. The fourth-order valence-corrected chi connectivity index (χ4v) is 3.14. The minimum atomic E-state index is -0.209. The molecule has 2 aromatic carbocycles. The van der Waals surface area contributed by atoms with Crippen molar-refractivity contribution in [2.45, 2.75) is 27.2 Å². The Morgan fingerprint density at radius 2 is 2.00 bits per heavy atom. The van der Waals surface area contributed by atoms with Crippen molar-refractivity contribution in [2.24, 2.45) is 0 Å². The molecule has 23 heavy (non-hydrogen) atoms. The molecule has 3 nitrogen and oxygen atoms in total. The Morgan fingerprint density at radius 1 is 1.22 bits per heavy atom. The number of hydrogen-bond donors (Lipinski definition) is 1. The summed E-state index contributed by atoms with van der Waals surface area (Å²) in [4.78, 5) is 12.7. The summed E-state index contributed by atoms with van der Waals surface area (Å²) in [6, 6.07) is 11.8. The maximum atomic E-state index is 12.7. The molecule has 0 atom stereocenters. The van der Waals surface area contributed by atoms with Gasteiger partial charge >= 0.3 is 0 Å². The molecule has 0 saturated heterocycles. The molecule has 1 amide bonds. The average molecular weight is 372 g/mol. The number of carbonyl (C=O) groups excluding carboxylic acids is 1. The van der Waals surface area contributed by atoms with Crippen LogP contribution in [0.3, 0.4) is 0 Å². The second kappa shape index (κ2) is 6.20. The number of halogens is 1. The number of para-hydroxylation sites is 1. The summed E-state index contributed by atoms with van der Waals surface area (Å²) in [5, 5.41) is 3.97. The summed E-state index contributed by atoms with van der Waals surface area (Å²) in [5.41, 5.74) is 4.62. The Labute approximate surface area is 143 Å². The van der Waals surface area contributed by atoms with Crippen LogP contribution in [0.25, 0.3) is 11.0 Å². The number of fused-ring (bicyclic) bond motifs is 1. The second-order valence-corrected chi connectivity index (χ2v) is 6.53. The number of benzene rings is 2. The van der Waals surface area contributed by atoms with Gasteiger partial charge in [-0.3, -0.25) is 4.79 Å². The molecule has 3 rings (SSSR count). The van der Waals surface area contributed by atoms with E-state index in [0.29, 0.717) is 5.76 Å². The second-order valence-electron chi connectivity index (χ2n) is 5.61. The fraction of sp³-hybridized carbons (Fsp3) is 0.211. The van der Waals surface area contributed by atoms with Crippen LogP contribution >= 0.6 is 15.9 Å². The predicted octanol–water partition coefficient (Wildman–Crippen LogP) is 5.63. The van der Waals surface area contributed by atoms with Crippen LogP contribution < -0.4 is 5.32 Å².